The second kappa shape index (κ2) is 4.92. The third-order valence-corrected chi connectivity index (χ3v) is 3.36. The highest BCUT2D eigenvalue weighted by molar-refractivity contribution is 6.42. The average molecular weight is 274 g/mol. The van der Waals surface area contributed by atoms with Gasteiger partial charge in [0.05, 0.1) is 12.3 Å². The van der Waals surface area contributed by atoms with Crippen LogP contribution in [0.15, 0.2) is 29.1 Å². The molecule has 0 unspecified atom stereocenters. The van der Waals surface area contributed by atoms with Crippen LogP contribution in [0.4, 0.5) is 0 Å². The minimum atomic E-state index is -0.681. The Hall–Kier alpha value is -2.44. The number of nitrogens with zero attached hydrogens (tertiary/aromatic N) is 3. The van der Waals surface area contributed by atoms with Gasteiger partial charge in [0.2, 0.25) is 0 Å². The highest BCUT2D eigenvalue weighted by Crippen LogP contribution is 2.40. The summed E-state index contributed by atoms with van der Waals surface area (Å²) in [5.74, 6) is -0.350. The van der Waals surface area contributed by atoms with Gasteiger partial charge in [-0.25, -0.2) is 4.98 Å². The van der Waals surface area contributed by atoms with Crippen molar-refractivity contribution in [3.63, 3.8) is 0 Å². The molecule has 0 aliphatic heterocycles. The Bertz CT molecular complexity index is 628. The molecule has 1 atom stereocenters. The zero-order valence-corrected chi connectivity index (χ0v) is 10.9. The molecule has 0 bridgehead atoms. The van der Waals surface area contributed by atoms with Gasteiger partial charge in [-0.05, 0) is 30.9 Å². The molecular formula is C13H14N4O3. The lowest BCUT2D eigenvalue weighted by molar-refractivity contribution is -0.118. The van der Waals surface area contributed by atoms with Gasteiger partial charge in [0.25, 0.3) is 11.7 Å². The second-order valence-electron chi connectivity index (χ2n) is 4.84. The van der Waals surface area contributed by atoms with Crippen LogP contribution in [0.5, 0.6) is 0 Å². The first-order valence-electron chi connectivity index (χ1n) is 6.39. The third kappa shape index (κ3) is 2.34. The zero-order valence-electron chi connectivity index (χ0n) is 10.9. The van der Waals surface area contributed by atoms with E-state index in [9.17, 15) is 9.59 Å². The average Bonchev–Trinajstić information content (AvgIpc) is 2.96. The summed E-state index contributed by atoms with van der Waals surface area (Å²) in [6.45, 7) is 0. The van der Waals surface area contributed by atoms with Crippen molar-refractivity contribution >= 4 is 11.7 Å². The number of Topliss-reactive ketones (excluding diaryl/α,β-unsaturated/α-hetero) is 1. The van der Waals surface area contributed by atoms with Gasteiger partial charge in [0.15, 0.2) is 5.76 Å². The molecule has 0 spiro atoms. The summed E-state index contributed by atoms with van der Waals surface area (Å²) < 4.78 is 6.56. The molecule has 1 fully saturated rings. The second-order valence-corrected chi connectivity index (χ2v) is 4.84. The largest absolute Gasteiger partial charge is 0.461 e. The van der Waals surface area contributed by atoms with Crippen molar-refractivity contribution in [3.05, 3.63) is 36.3 Å². The third-order valence-electron chi connectivity index (χ3n) is 3.36. The van der Waals surface area contributed by atoms with Crippen LogP contribution >= 0.6 is 0 Å². The molecule has 1 aliphatic rings. The van der Waals surface area contributed by atoms with Gasteiger partial charge >= 0.3 is 0 Å². The number of ketones is 1. The van der Waals surface area contributed by atoms with E-state index in [1.165, 1.54) is 18.7 Å². The Morgan fingerprint density at radius 1 is 1.50 bits per heavy atom. The molecule has 7 heteroatoms. The van der Waals surface area contributed by atoms with Crippen LogP contribution in [0.3, 0.4) is 0 Å². The van der Waals surface area contributed by atoms with Crippen molar-refractivity contribution in [1.82, 2.24) is 20.1 Å². The van der Waals surface area contributed by atoms with E-state index in [2.05, 4.69) is 15.4 Å². The number of aromatic nitrogens is 3. The van der Waals surface area contributed by atoms with Gasteiger partial charge in [0, 0.05) is 7.05 Å². The standard InChI is InChI=1S/C13H14N4O3/c1-17-12(14-7-15-17)10(8-4-5-8)16-13(19)11(18)9-3-2-6-20-9/h2-3,6-8,10H,4-5H2,1H3,(H,16,19)/t10-/m1/s1. The number of carbonyl (C=O) groups is 2. The minimum Gasteiger partial charge on any atom is -0.461 e. The zero-order chi connectivity index (χ0) is 14.1. The molecule has 2 aromatic heterocycles. The normalized spacial score (nSPS) is 15.8. The fraction of sp³-hybridized carbons (Fsp3) is 0.385. The van der Waals surface area contributed by atoms with Gasteiger partial charge in [-0.15, -0.1) is 0 Å². The molecule has 2 aromatic rings. The molecule has 1 amide bonds. The van der Waals surface area contributed by atoms with E-state index in [0.717, 1.165) is 12.8 Å². The van der Waals surface area contributed by atoms with Crippen LogP contribution in [0.2, 0.25) is 0 Å². The first-order chi connectivity index (χ1) is 9.66. The molecule has 0 saturated heterocycles. The van der Waals surface area contributed by atoms with Gasteiger partial charge in [0.1, 0.15) is 12.2 Å². The Morgan fingerprint density at radius 2 is 2.30 bits per heavy atom. The van der Waals surface area contributed by atoms with Crippen LogP contribution in [0.1, 0.15) is 35.3 Å². The monoisotopic (exact) mass is 274 g/mol. The maximum absolute atomic E-state index is 12.0. The maximum Gasteiger partial charge on any atom is 0.296 e. The number of rotatable bonds is 5. The van der Waals surface area contributed by atoms with E-state index < -0.39 is 11.7 Å². The fourth-order valence-electron chi connectivity index (χ4n) is 2.14. The van der Waals surface area contributed by atoms with E-state index in [1.54, 1.807) is 17.8 Å². The number of hydrogen-bond acceptors (Lipinski definition) is 5. The van der Waals surface area contributed by atoms with Crippen molar-refractivity contribution in [3.8, 4) is 0 Å². The van der Waals surface area contributed by atoms with Crippen molar-refractivity contribution in [2.24, 2.45) is 13.0 Å². The van der Waals surface area contributed by atoms with E-state index in [1.807, 2.05) is 0 Å². The number of hydrogen-bond donors (Lipinski definition) is 1. The van der Waals surface area contributed by atoms with Gasteiger partial charge < -0.3 is 9.73 Å². The van der Waals surface area contributed by atoms with Crippen molar-refractivity contribution in [2.45, 2.75) is 18.9 Å². The van der Waals surface area contributed by atoms with E-state index in [4.69, 9.17) is 4.42 Å². The summed E-state index contributed by atoms with van der Waals surface area (Å²) in [6, 6.07) is 2.76. The Labute approximate surface area is 115 Å². The molecule has 2 heterocycles. The van der Waals surface area contributed by atoms with Crippen LogP contribution in [-0.2, 0) is 11.8 Å². The van der Waals surface area contributed by atoms with Gasteiger partial charge in [-0.2, -0.15) is 5.10 Å². The Morgan fingerprint density at radius 3 is 2.85 bits per heavy atom. The fourth-order valence-corrected chi connectivity index (χ4v) is 2.14. The summed E-state index contributed by atoms with van der Waals surface area (Å²) in [5, 5.41) is 6.74. The summed E-state index contributed by atoms with van der Waals surface area (Å²) in [7, 11) is 1.76. The lowest BCUT2D eigenvalue weighted by atomic mass is 10.1. The first kappa shape index (κ1) is 12.6. The number of furan rings is 1. The van der Waals surface area contributed by atoms with E-state index in [-0.39, 0.29) is 11.8 Å². The summed E-state index contributed by atoms with van der Waals surface area (Å²) in [6.07, 6.45) is 4.81. The SMILES string of the molecule is Cn1ncnc1[C@H](NC(=O)C(=O)c1ccco1)C1CC1. The van der Waals surface area contributed by atoms with Crippen molar-refractivity contribution < 1.29 is 14.0 Å². The Balaban J connectivity index is 1.76. The van der Waals surface area contributed by atoms with Crippen LogP contribution in [0, 0.1) is 5.92 Å². The predicted molar refractivity (Wildman–Crippen MR) is 67.6 cm³/mol. The molecule has 7 nitrogen and oxygen atoms in total. The summed E-state index contributed by atoms with van der Waals surface area (Å²) in [4.78, 5) is 28.1. The first-order valence-corrected chi connectivity index (χ1v) is 6.39. The number of nitrogens with one attached hydrogen (secondary N) is 1. The number of aryl methyl sites for hydroxylation is 1. The van der Waals surface area contributed by atoms with Gasteiger partial charge in [-0.1, -0.05) is 0 Å². The summed E-state index contributed by atoms with van der Waals surface area (Å²) >= 11 is 0. The van der Waals surface area contributed by atoms with E-state index >= 15 is 0 Å². The molecular weight excluding hydrogens is 260 g/mol. The minimum absolute atomic E-state index is 0.0370. The highest BCUT2D eigenvalue weighted by Gasteiger charge is 2.37. The van der Waals surface area contributed by atoms with Crippen LogP contribution < -0.4 is 5.32 Å². The number of amides is 1. The lowest BCUT2D eigenvalue weighted by Gasteiger charge is -2.16. The number of carbonyl (C=O) groups excluding carboxylic acids is 2. The Kier molecular flexibility index (Phi) is 3.09. The van der Waals surface area contributed by atoms with Crippen LogP contribution in [-0.4, -0.2) is 26.5 Å². The molecule has 20 heavy (non-hydrogen) atoms. The van der Waals surface area contributed by atoms with Gasteiger partial charge in [-0.3, -0.25) is 14.3 Å². The molecule has 1 aliphatic carbocycles. The maximum atomic E-state index is 12.0. The molecule has 1 saturated carbocycles. The van der Waals surface area contributed by atoms with Crippen LogP contribution in [0.25, 0.3) is 0 Å². The van der Waals surface area contributed by atoms with Crippen molar-refractivity contribution in [1.29, 1.82) is 0 Å². The lowest BCUT2D eigenvalue weighted by Crippen LogP contribution is -2.36. The highest BCUT2D eigenvalue weighted by atomic mass is 16.3. The molecule has 104 valence electrons. The van der Waals surface area contributed by atoms with Crippen molar-refractivity contribution in [2.75, 3.05) is 0 Å². The quantitative estimate of drug-likeness (QED) is 0.645. The van der Waals surface area contributed by atoms with E-state index in [0.29, 0.717) is 11.7 Å². The topological polar surface area (TPSA) is 90.0 Å². The molecule has 0 aromatic carbocycles. The summed E-state index contributed by atoms with van der Waals surface area (Å²) in [5.41, 5.74) is 0. The molecule has 0 radical (unpaired) electrons. The molecule has 1 N–H and O–H groups in total. The smallest absolute Gasteiger partial charge is 0.296 e. The molecule has 3 rings (SSSR count). The predicted octanol–water partition coefficient (Wildman–Crippen LogP) is 0.858.